The van der Waals surface area contributed by atoms with Crippen molar-refractivity contribution in [1.82, 2.24) is 15.2 Å². The van der Waals surface area contributed by atoms with E-state index in [1.807, 2.05) is 23.2 Å². The molecule has 92 valence electrons. The maximum atomic E-state index is 12.0. The van der Waals surface area contributed by atoms with Crippen LogP contribution in [0, 0.1) is 0 Å². The van der Waals surface area contributed by atoms with Gasteiger partial charge in [-0.25, -0.2) is 0 Å². The molecule has 1 amide bonds. The lowest BCUT2D eigenvalue weighted by molar-refractivity contribution is -0.132. The molecule has 2 heterocycles. The molecule has 2 rings (SSSR count). The maximum absolute atomic E-state index is 12.0. The molecule has 0 saturated carbocycles. The average molecular weight is 233 g/mol. The summed E-state index contributed by atoms with van der Waals surface area (Å²) in [6.07, 6.45) is 4.94. The quantitative estimate of drug-likeness (QED) is 0.841. The van der Waals surface area contributed by atoms with Crippen molar-refractivity contribution in [2.45, 2.75) is 25.8 Å². The monoisotopic (exact) mass is 233 g/mol. The summed E-state index contributed by atoms with van der Waals surface area (Å²) in [5.74, 6) is 0.252. The molecular weight excluding hydrogens is 214 g/mol. The number of nitrogens with zero attached hydrogens (tertiary/aromatic N) is 2. The molecule has 1 saturated heterocycles. The lowest BCUT2D eigenvalue weighted by atomic mass is 10.1. The van der Waals surface area contributed by atoms with Crippen LogP contribution in [0.2, 0.25) is 0 Å². The Morgan fingerprint density at radius 1 is 1.65 bits per heavy atom. The van der Waals surface area contributed by atoms with Gasteiger partial charge in [0.25, 0.3) is 0 Å². The van der Waals surface area contributed by atoms with Crippen LogP contribution >= 0.6 is 0 Å². The van der Waals surface area contributed by atoms with E-state index in [-0.39, 0.29) is 5.91 Å². The van der Waals surface area contributed by atoms with Gasteiger partial charge in [0.05, 0.1) is 0 Å². The number of carbonyl (C=O) groups excluding carboxylic acids is 1. The number of piperazine rings is 1. The van der Waals surface area contributed by atoms with Gasteiger partial charge >= 0.3 is 0 Å². The smallest absolute Gasteiger partial charge is 0.222 e. The van der Waals surface area contributed by atoms with Crippen LogP contribution in [-0.4, -0.2) is 41.5 Å². The molecule has 0 spiro atoms. The standard InChI is InChI=1S/C13H19N3O/c1-11-10-16(8-7-15-11)13(17)5-4-12-3-2-6-14-9-12/h2-3,6,9,11,15H,4-5,7-8,10H2,1H3/t11-/m0/s1. The number of pyridine rings is 1. The Hall–Kier alpha value is -1.42. The van der Waals surface area contributed by atoms with Crippen molar-refractivity contribution in [3.8, 4) is 0 Å². The van der Waals surface area contributed by atoms with Crippen molar-refractivity contribution >= 4 is 5.91 Å². The summed E-state index contributed by atoms with van der Waals surface area (Å²) in [5, 5.41) is 3.34. The van der Waals surface area contributed by atoms with Crippen molar-refractivity contribution < 1.29 is 4.79 Å². The Morgan fingerprint density at radius 2 is 2.53 bits per heavy atom. The largest absolute Gasteiger partial charge is 0.340 e. The van der Waals surface area contributed by atoms with E-state index in [1.54, 1.807) is 6.20 Å². The van der Waals surface area contributed by atoms with Gasteiger partial charge in [-0.3, -0.25) is 9.78 Å². The van der Waals surface area contributed by atoms with Crippen LogP contribution in [0.4, 0.5) is 0 Å². The van der Waals surface area contributed by atoms with Crippen LogP contribution in [0.3, 0.4) is 0 Å². The summed E-state index contributed by atoms with van der Waals surface area (Å²) in [7, 11) is 0. The fourth-order valence-electron chi connectivity index (χ4n) is 2.11. The first-order valence-electron chi connectivity index (χ1n) is 6.16. The van der Waals surface area contributed by atoms with E-state index < -0.39 is 0 Å². The van der Waals surface area contributed by atoms with E-state index in [9.17, 15) is 4.79 Å². The normalized spacial score (nSPS) is 20.3. The van der Waals surface area contributed by atoms with Gasteiger partial charge in [-0.05, 0) is 25.0 Å². The molecule has 0 bridgehead atoms. The Kier molecular flexibility index (Phi) is 4.09. The summed E-state index contributed by atoms with van der Waals surface area (Å²) in [4.78, 5) is 18.0. The number of aromatic nitrogens is 1. The first-order valence-corrected chi connectivity index (χ1v) is 6.16. The molecular formula is C13H19N3O. The van der Waals surface area contributed by atoms with E-state index >= 15 is 0 Å². The summed E-state index contributed by atoms with van der Waals surface area (Å²) in [6, 6.07) is 4.33. The average Bonchev–Trinajstić information content (AvgIpc) is 2.37. The van der Waals surface area contributed by atoms with Crippen LogP contribution in [-0.2, 0) is 11.2 Å². The topological polar surface area (TPSA) is 45.2 Å². The van der Waals surface area contributed by atoms with Crippen LogP contribution in [0.5, 0.6) is 0 Å². The van der Waals surface area contributed by atoms with Crippen LogP contribution in [0.1, 0.15) is 18.9 Å². The Balaban J connectivity index is 1.81. The van der Waals surface area contributed by atoms with E-state index in [1.165, 1.54) is 0 Å². The van der Waals surface area contributed by atoms with Gasteiger partial charge in [0, 0.05) is 44.5 Å². The number of rotatable bonds is 3. The molecule has 17 heavy (non-hydrogen) atoms. The van der Waals surface area contributed by atoms with Crippen molar-refractivity contribution in [1.29, 1.82) is 0 Å². The van der Waals surface area contributed by atoms with Crippen LogP contribution in [0.15, 0.2) is 24.5 Å². The zero-order chi connectivity index (χ0) is 12.1. The number of hydrogen-bond acceptors (Lipinski definition) is 3. The van der Waals surface area contributed by atoms with E-state index in [0.29, 0.717) is 12.5 Å². The SMILES string of the molecule is C[C@H]1CN(C(=O)CCc2cccnc2)CCN1. The number of hydrogen-bond donors (Lipinski definition) is 1. The first kappa shape index (κ1) is 12.0. The van der Waals surface area contributed by atoms with E-state index in [2.05, 4.69) is 17.2 Å². The fourth-order valence-corrected chi connectivity index (χ4v) is 2.11. The van der Waals surface area contributed by atoms with Gasteiger partial charge < -0.3 is 10.2 Å². The highest BCUT2D eigenvalue weighted by Crippen LogP contribution is 2.06. The number of aryl methyl sites for hydroxylation is 1. The van der Waals surface area contributed by atoms with Gasteiger partial charge in [-0.1, -0.05) is 6.07 Å². The second-order valence-electron chi connectivity index (χ2n) is 4.56. The number of nitrogens with one attached hydrogen (secondary N) is 1. The van der Waals surface area contributed by atoms with Crippen molar-refractivity contribution in [2.24, 2.45) is 0 Å². The number of amides is 1. The molecule has 1 aliphatic heterocycles. The van der Waals surface area contributed by atoms with E-state index in [4.69, 9.17) is 0 Å². The third kappa shape index (κ3) is 3.53. The Morgan fingerprint density at radius 3 is 3.24 bits per heavy atom. The predicted octanol–water partition coefficient (Wildman–Crippen LogP) is 0.834. The fraction of sp³-hybridized carbons (Fsp3) is 0.538. The van der Waals surface area contributed by atoms with Gasteiger partial charge in [0.1, 0.15) is 0 Å². The summed E-state index contributed by atoms with van der Waals surface area (Å²) in [5.41, 5.74) is 1.13. The highest BCUT2D eigenvalue weighted by atomic mass is 16.2. The highest BCUT2D eigenvalue weighted by Gasteiger charge is 2.19. The van der Waals surface area contributed by atoms with Crippen molar-refractivity contribution in [2.75, 3.05) is 19.6 Å². The zero-order valence-corrected chi connectivity index (χ0v) is 10.2. The van der Waals surface area contributed by atoms with Crippen LogP contribution in [0.25, 0.3) is 0 Å². The second kappa shape index (κ2) is 5.77. The van der Waals surface area contributed by atoms with Gasteiger partial charge in [0.15, 0.2) is 0 Å². The summed E-state index contributed by atoms with van der Waals surface area (Å²) < 4.78 is 0. The second-order valence-corrected chi connectivity index (χ2v) is 4.56. The minimum absolute atomic E-state index is 0.252. The zero-order valence-electron chi connectivity index (χ0n) is 10.2. The number of carbonyl (C=O) groups is 1. The van der Waals surface area contributed by atoms with Gasteiger partial charge in [-0.2, -0.15) is 0 Å². The molecule has 0 aromatic carbocycles. The summed E-state index contributed by atoms with van der Waals surface area (Å²) >= 11 is 0. The molecule has 0 unspecified atom stereocenters. The van der Waals surface area contributed by atoms with Crippen molar-refractivity contribution in [3.63, 3.8) is 0 Å². The molecule has 0 radical (unpaired) electrons. The molecule has 1 aromatic rings. The third-order valence-corrected chi connectivity index (χ3v) is 3.07. The van der Waals surface area contributed by atoms with E-state index in [0.717, 1.165) is 31.6 Å². The Labute approximate surface area is 102 Å². The van der Waals surface area contributed by atoms with Crippen molar-refractivity contribution in [3.05, 3.63) is 30.1 Å². The summed E-state index contributed by atoms with van der Waals surface area (Å²) in [6.45, 7) is 4.67. The van der Waals surface area contributed by atoms with Gasteiger partial charge in [0.2, 0.25) is 5.91 Å². The minimum Gasteiger partial charge on any atom is -0.340 e. The first-order chi connectivity index (χ1) is 8.25. The predicted molar refractivity (Wildman–Crippen MR) is 66.6 cm³/mol. The Bertz CT molecular complexity index is 366. The highest BCUT2D eigenvalue weighted by molar-refractivity contribution is 5.76. The lowest BCUT2D eigenvalue weighted by Crippen LogP contribution is -2.51. The van der Waals surface area contributed by atoms with Gasteiger partial charge in [-0.15, -0.1) is 0 Å². The molecule has 1 aliphatic rings. The van der Waals surface area contributed by atoms with Crippen LogP contribution < -0.4 is 5.32 Å². The molecule has 0 aliphatic carbocycles. The minimum atomic E-state index is 0.252. The molecule has 4 nitrogen and oxygen atoms in total. The lowest BCUT2D eigenvalue weighted by Gasteiger charge is -2.32. The molecule has 1 aromatic heterocycles. The molecule has 1 atom stereocenters. The molecule has 4 heteroatoms. The maximum Gasteiger partial charge on any atom is 0.222 e. The third-order valence-electron chi connectivity index (χ3n) is 3.07. The molecule has 1 fully saturated rings. The molecule has 1 N–H and O–H groups in total.